The van der Waals surface area contributed by atoms with Crippen molar-refractivity contribution in [2.24, 2.45) is 0 Å². The molecule has 84 valence electrons. The fraction of sp³-hybridized carbons (Fsp3) is 0.286. The molecule has 0 aliphatic rings. The second-order valence-corrected chi connectivity index (χ2v) is 4.11. The van der Waals surface area contributed by atoms with E-state index in [1.165, 1.54) is 17.7 Å². The summed E-state index contributed by atoms with van der Waals surface area (Å²) in [6.07, 6.45) is 4.27. The van der Waals surface area contributed by atoms with Gasteiger partial charge in [-0.05, 0) is 36.2 Å². The van der Waals surface area contributed by atoms with E-state index in [0.29, 0.717) is 0 Å². The van der Waals surface area contributed by atoms with Gasteiger partial charge in [-0.1, -0.05) is 19.1 Å². The Kier molecular flexibility index (Phi) is 3.30. The van der Waals surface area contributed by atoms with Crippen LogP contribution < -0.4 is 5.73 Å². The monoisotopic (exact) mass is 214 g/mol. The Morgan fingerprint density at radius 3 is 2.81 bits per heavy atom. The van der Waals surface area contributed by atoms with Crippen molar-refractivity contribution < 1.29 is 0 Å². The van der Waals surface area contributed by atoms with E-state index in [-0.39, 0.29) is 0 Å². The number of nitrogen functional groups attached to an aromatic ring is 1. The molecule has 2 nitrogen and oxygen atoms in total. The van der Waals surface area contributed by atoms with Gasteiger partial charge in [0.2, 0.25) is 0 Å². The standard InChI is InChI=1S/C14H18N2/c1-2-8-16-9-4-7-14(16)11-12-5-3-6-13(15)10-12/h3-7,9-10H,2,8,11,15H2,1H3. The fourth-order valence-electron chi connectivity index (χ4n) is 1.98. The van der Waals surface area contributed by atoms with Gasteiger partial charge in [0.1, 0.15) is 0 Å². The van der Waals surface area contributed by atoms with E-state index < -0.39 is 0 Å². The SMILES string of the molecule is CCCn1cccc1Cc1cccc(N)c1. The summed E-state index contributed by atoms with van der Waals surface area (Å²) >= 11 is 0. The Bertz CT molecular complexity index is 457. The minimum Gasteiger partial charge on any atom is -0.399 e. The van der Waals surface area contributed by atoms with E-state index in [1.54, 1.807) is 0 Å². The van der Waals surface area contributed by atoms with Gasteiger partial charge in [0.25, 0.3) is 0 Å². The molecule has 0 radical (unpaired) electrons. The van der Waals surface area contributed by atoms with Gasteiger partial charge in [-0.15, -0.1) is 0 Å². The van der Waals surface area contributed by atoms with Crippen LogP contribution in [0.2, 0.25) is 0 Å². The van der Waals surface area contributed by atoms with Crippen molar-refractivity contribution in [3.05, 3.63) is 53.9 Å². The van der Waals surface area contributed by atoms with Gasteiger partial charge in [-0.2, -0.15) is 0 Å². The van der Waals surface area contributed by atoms with Crippen molar-refractivity contribution in [1.82, 2.24) is 4.57 Å². The first-order valence-electron chi connectivity index (χ1n) is 5.78. The molecule has 2 rings (SSSR count). The highest BCUT2D eigenvalue weighted by Gasteiger charge is 2.01. The number of nitrogens with zero attached hydrogens (tertiary/aromatic N) is 1. The highest BCUT2D eigenvalue weighted by atomic mass is 15.0. The molecule has 0 saturated heterocycles. The predicted octanol–water partition coefficient (Wildman–Crippen LogP) is 3.07. The summed E-state index contributed by atoms with van der Waals surface area (Å²) in [4.78, 5) is 0. The van der Waals surface area contributed by atoms with Gasteiger partial charge in [0, 0.05) is 30.5 Å². The van der Waals surface area contributed by atoms with E-state index in [1.807, 2.05) is 18.2 Å². The van der Waals surface area contributed by atoms with Crippen molar-refractivity contribution in [3.63, 3.8) is 0 Å². The van der Waals surface area contributed by atoms with Gasteiger partial charge in [-0.3, -0.25) is 0 Å². The maximum Gasteiger partial charge on any atom is 0.0316 e. The van der Waals surface area contributed by atoms with Gasteiger partial charge in [0.15, 0.2) is 0 Å². The van der Waals surface area contributed by atoms with Crippen LogP contribution in [0.4, 0.5) is 5.69 Å². The van der Waals surface area contributed by atoms with Crippen molar-refractivity contribution >= 4 is 5.69 Å². The summed E-state index contributed by atoms with van der Waals surface area (Å²) in [6.45, 7) is 3.29. The van der Waals surface area contributed by atoms with Crippen LogP contribution in [-0.2, 0) is 13.0 Å². The maximum atomic E-state index is 5.78. The van der Waals surface area contributed by atoms with E-state index in [2.05, 4.69) is 35.9 Å². The first kappa shape index (κ1) is 10.8. The van der Waals surface area contributed by atoms with Crippen molar-refractivity contribution in [3.8, 4) is 0 Å². The number of aryl methyl sites for hydroxylation is 1. The quantitative estimate of drug-likeness (QED) is 0.779. The minimum atomic E-state index is 0.839. The Hall–Kier alpha value is -1.70. The Labute approximate surface area is 96.7 Å². The second-order valence-electron chi connectivity index (χ2n) is 4.11. The molecule has 0 saturated carbocycles. The molecule has 1 heterocycles. The molecular weight excluding hydrogens is 196 g/mol. The largest absolute Gasteiger partial charge is 0.399 e. The Morgan fingerprint density at radius 1 is 1.19 bits per heavy atom. The van der Waals surface area contributed by atoms with Crippen LogP contribution in [0.5, 0.6) is 0 Å². The van der Waals surface area contributed by atoms with E-state index in [9.17, 15) is 0 Å². The molecular formula is C14H18N2. The molecule has 0 unspecified atom stereocenters. The number of nitrogens with two attached hydrogens (primary N) is 1. The Balaban J connectivity index is 2.17. The molecule has 0 aliphatic carbocycles. The van der Waals surface area contributed by atoms with Crippen LogP contribution in [-0.4, -0.2) is 4.57 Å². The second kappa shape index (κ2) is 4.88. The van der Waals surface area contributed by atoms with Crippen molar-refractivity contribution in [1.29, 1.82) is 0 Å². The molecule has 0 bridgehead atoms. The molecule has 0 spiro atoms. The molecule has 0 atom stereocenters. The third-order valence-corrected chi connectivity index (χ3v) is 2.72. The van der Waals surface area contributed by atoms with E-state index in [4.69, 9.17) is 5.73 Å². The third-order valence-electron chi connectivity index (χ3n) is 2.72. The molecule has 0 amide bonds. The first-order chi connectivity index (χ1) is 7.79. The summed E-state index contributed by atoms with van der Waals surface area (Å²) in [5, 5.41) is 0. The number of aromatic nitrogens is 1. The number of benzene rings is 1. The van der Waals surface area contributed by atoms with Crippen LogP contribution >= 0.6 is 0 Å². The zero-order chi connectivity index (χ0) is 11.4. The van der Waals surface area contributed by atoms with Gasteiger partial charge in [-0.25, -0.2) is 0 Å². The predicted molar refractivity (Wildman–Crippen MR) is 68.4 cm³/mol. The van der Waals surface area contributed by atoms with Crippen LogP contribution in [0, 0.1) is 0 Å². The third kappa shape index (κ3) is 2.45. The summed E-state index contributed by atoms with van der Waals surface area (Å²) in [5.74, 6) is 0. The normalized spacial score (nSPS) is 10.6. The van der Waals surface area contributed by atoms with Crippen molar-refractivity contribution in [2.75, 3.05) is 5.73 Å². The lowest BCUT2D eigenvalue weighted by molar-refractivity contribution is 0.656. The topological polar surface area (TPSA) is 30.9 Å². The Morgan fingerprint density at radius 2 is 2.06 bits per heavy atom. The average Bonchev–Trinajstić information content (AvgIpc) is 2.66. The molecule has 16 heavy (non-hydrogen) atoms. The molecule has 2 heteroatoms. The summed E-state index contributed by atoms with van der Waals surface area (Å²) < 4.78 is 2.31. The van der Waals surface area contributed by atoms with Crippen LogP contribution in [0.15, 0.2) is 42.6 Å². The van der Waals surface area contributed by atoms with Crippen LogP contribution in [0.25, 0.3) is 0 Å². The zero-order valence-corrected chi connectivity index (χ0v) is 9.69. The smallest absolute Gasteiger partial charge is 0.0316 e. The van der Waals surface area contributed by atoms with Gasteiger partial charge >= 0.3 is 0 Å². The number of hydrogen-bond acceptors (Lipinski definition) is 1. The van der Waals surface area contributed by atoms with Gasteiger partial charge in [0.05, 0.1) is 0 Å². The molecule has 1 aromatic carbocycles. The molecule has 1 aromatic heterocycles. The lowest BCUT2D eigenvalue weighted by Gasteiger charge is -2.08. The van der Waals surface area contributed by atoms with E-state index in [0.717, 1.165) is 18.7 Å². The number of rotatable bonds is 4. The maximum absolute atomic E-state index is 5.78. The average molecular weight is 214 g/mol. The number of anilines is 1. The summed E-state index contributed by atoms with van der Waals surface area (Å²) in [5.41, 5.74) is 9.24. The molecule has 0 aliphatic heterocycles. The van der Waals surface area contributed by atoms with Crippen LogP contribution in [0.1, 0.15) is 24.6 Å². The first-order valence-corrected chi connectivity index (χ1v) is 5.78. The molecule has 0 fully saturated rings. The molecule has 2 N–H and O–H groups in total. The summed E-state index contributed by atoms with van der Waals surface area (Å²) in [7, 11) is 0. The summed E-state index contributed by atoms with van der Waals surface area (Å²) in [6, 6.07) is 12.4. The highest BCUT2D eigenvalue weighted by molar-refractivity contribution is 5.41. The fourth-order valence-corrected chi connectivity index (χ4v) is 1.98. The minimum absolute atomic E-state index is 0.839. The van der Waals surface area contributed by atoms with Crippen molar-refractivity contribution in [2.45, 2.75) is 26.3 Å². The molecule has 2 aromatic rings. The lowest BCUT2D eigenvalue weighted by Crippen LogP contribution is -2.02. The lowest BCUT2D eigenvalue weighted by atomic mass is 10.1. The highest BCUT2D eigenvalue weighted by Crippen LogP contribution is 2.13. The zero-order valence-electron chi connectivity index (χ0n) is 9.69. The van der Waals surface area contributed by atoms with E-state index >= 15 is 0 Å². The van der Waals surface area contributed by atoms with Gasteiger partial charge < -0.3 is 10.3 Å². The van der Waals surface area contributed by atoms with Crippen LogP contribution in [0.3, 0.4) is 0 Å². The number of hydrogen-bond donors (Lipinski definition) is 1.